The number of hydrogen-bond acceptors (Lipinski definition) is 9. The molecular weight excluding hydrogens is 825 g/mol. The summed E-state index contributed by atoms with van der Waals surface area (Å²) >= 11 is 0.850. The quantitative estimate of drug-likeness (QED) is 0.0693. The number of nitro benzene ring substituents is 2. The molecule has 2 unspecified atom stereocenters. The number of carbonyl (C=O) groups is 4. The van der Waals surface area contributed by atoms with Crippen molar-refractivity contribution in [2.45, 2.75) is 99.9 Å². The lowest BCUT2D eigenvalue weighted by Gasteiger charge is -2.32. The largest absolute Gasteiger partial charge is 0.480 e. The van der Waals surface area contributed by atoms with Crippen LogP contribution >= 0.6 is 11.8 Å². The molecule has 328 valence electrons. The number of hydrogen-bond donors (Lipinski definition) is 2. The zero-order valence-electron chi connectivity index (χ0n) is 35.6. The number of rotatable bonds is 14. The molecule has 15 heteroatoms. The summed E-state index contributed by atoms with van der Waals surface area (Å²) < 4.78 is 0. The van der Waals surface area contributed by atoms with Gasteiger partial charge in [-0.05, 0) is 108 Å². The van der Waals surface area contributed by atoms with E-state index in [-0.39, 0.29) is 57.2 Å². The van der Waals surface area contributed by atoms with Gasteiger partial charge in [-0.25, -0.2) is 9.59 Å². The Morgan fingerprint density at radius 2 is 1.00 bits per heavy atom. The molecule has 2 atom stereocenters. The molecule has 2 heterocycles. The number of benzene rings is 4. The van der Waals surface area contributed by atoms with Crippen LogP contribution in [0, 0.1) is 20.2 Å². The van der Waals surface area contributed by atoms with Gasteiger partial charge in [-0.15, -0.1) is 0 Å². The third kappa shape index (κ3) is 10.0. The van der Waals surface area contributed by atoms with Gasteiger partial charge in [0.25, 0.3) is 11.4 Å². The van der Waals surface area contributed by atoms with Crippen LogP contribution in [0.4, 0.5) is 11.4 Å². The summed E-state index contributed by atoms with van der Waals surface area (Å²) in [4.78, 5) is 79.5. The molecule has 2 fully saturated rings. The topological polar surface area (TPSA) is 202 Å². The van der Waals surface area contributed by atoms with E-state index in [1.54, 1.807) is 36.4 Å². The van der Waals surface area contributed by atoms with Crippen LogP contribution in [0.1, 0.15) is 100 Å². The van der Waals surface area contributed by atoms with Crippen LogP contribution in [0.5, 0.6) is 0 Å². The van der Waals surface area contributed by atoms with Gasteiger partial charge in [-0.3, -0.25) is 29.8 Å². The Kier molecular flexibility index (Phi) is 14.6. The number of nitrogens with zero attached hydrogens (tertiary/aromatic N) is 4. The zero-order chi connectivity index (χ0) is 45.5. The van der Waals surface area contributed by atoms with Crippen LogP contribution in [0.25, 0.3) is 34.4 Å². The highest BCUT2D eigenvalue weighted by Gasteiger charge is 2.34. The van der Waals surface area contributed by atoms with E-state index in [1.165, 1.54) is 46.2 Å². The standard InChI is InChI=1S/C48H50N4O10S/c1-29(2)33-13-5-7-15-35(33)43-31(21-25-41(53)49-27-11-9-17-37(49)47(55)56)19-23-39(45(43)51(59)60)63-40-24-20-32(22-26-42(54)50-28-12-10-18-38(50)48(57)58)44(46(40)52(61)62)36-16-8-6-14-34(36)30(3)4/h5-8,13-16,19-26,29-30,37-38H,9-12,17-18,27-28H2,1-4H3,(H,55,56)(H,57,58). The van der Waals surface area contributed by atoms with Crippen LogP contribution in [-0.2, 0) is 19.2 Å². The summed E-state index contributed by atoms with van der Waals surface area (Å²) in [5.41, 5.74) is 2.97. The Bertz CT molecular complexity index is 2340. The van der Waals surface area contributed by atoms with Crippen LogP contribution in [0.15, 0.2) is 94.7 Å². The molecular formula is C48H50N4O10S. The van der Waals surface area contributed by atoms with E-state index in [1.807, 2.05) is 52.0 Å². The van der Waals surface area contributed by atoms with E-state index in [0.717, 1.165) is 22.9 Å². The lowest BCUT2D eigenvalue weighted by atomic mass is 9.89. The van der Waals surface area contributed by atoms with Crippen LogP contribution in [0.3, 0.4) is 0 Å². The molecule has 6 rings (SSSR count). The summed E-state index contributed by atoms with van der Waals surface area (Å²) in [6.45, 7) is 8.32. The van der Waals surface area contributed by atoms with Crippen molar-refractivity contribution >= 4 is 59.0 Å². The molecule has 0 bridgehead atoms. The average Bonchev–Trinajstić information content (AvgIpc) is 3.27. The Balaban J connectivity index is 1.53. The molecule has 2 amide bonds. The smallest absolute Gasteiger partial charge is 0.326 e. The summed E-state index contributed by atoms with van der Waals surface area (Å²) in [6, 6.07) is 18.6. The third-order valence-electron chi connectivity index (χ3n) is 11.6. The van der Waals surface area contributed by atoms with E-state index in [0.29, 0.717) is 60.8 Å². The molecule has 2 aliphatic rings. The first-order valence-corrected chi connectivity index (χ1v) is 21.8. The molecule has 0 radical (unpaired) electrons. The Morgan fingerprint density at radius 1 is 0.619 bits per heavy atom. The molecule has 14 nitrogen and oxygen atoms in total. The first-order valence-electron chi connectivity index (χ1n) is 21.0. The van der Waals surface area contributed by atoms with Gasteiger partial charge in [-0.2, -0.15) is 0 Å². The highest BCUT2D eigenvalue weighted by molar-refractivity contribution is 7.99. The number of carbonyl (C=O) groups excluding carboxylic acids is 2. The monoisotopic (exact) mass is 874 g/mol. The van der Waals surface area contributed by atoms with Crippen LogP contribution < -0.4 is 0 Å². The van der Waals surface area contributed by atoms with Crippen molar-refractivity contribution in [1.82, 2.24) is 9.80 Å². The van der Waals surface area contributed by atoms with Crippen molar-refractivity contribution in [2.24, 2.45) is 0 Å². The van der Waals surface area contributed by atoms with E-state index in [4.69, 9.17) is 0 Å². The van der Waals surface area contributed by atoms with Crippen molar-refractivity contribution in [3.8, 4) is 22.3 Å². The second-order valence-corrected chi connectivity index (χ2v) is 17.4. The molecule has 2 saturated heterocycles. The highest BCUT2D eigenvalue weighted by Crippen LogP contribution is 2.50. The molecule has 4 aromatic carbocycles. The van der Waals surface area contributed by atoms with Gasteiger partial charge in [0.1, 0.15) is 12.1 Å². The minimum absolute atomic E-state index is 0.0812. The van der Waals surface area contributed by atoms with Gasteiger partial charge in [0.05, 0.1) is 30.8 Å². The third-order valence-corrected chi connectivity index (χ3v) is 12.7. The van der Waals surface area contributed by atoms with E-state index in [2.05, 4.69) is 0 Å². The molecule has 0 saturated carbocycles. The lowest BCUT2D eigenvalue weighted by Crippen LogP contribution is -2.47. The van der Waals surface area contributed by atoms with Crippen LogP contribution in [-0.4, -0.2) is 78.8 Å². The Hall–Kier alpha value is -6.61. The molecule has 0 spiro atoms. The van der Waals surface area contributed by atoms with Crippen LogP contribution in [0.2, 0.25) is 0 Å². The van der Waals surface area contributed by atoms with Gasteiger partial charge in [0, 0.05) is 25.2 Å². The fraction of sp³-hybridized carbons (Fsp3) is 0.333. The van der Waals surface area contributed by atoms with Gasteiger partial charge < -0.3 is 20.0 Å². The zero-order valence-corrected chi connectivity index (χ0v) is 36.4. The maximum absolute atomic E-state index is 13.5. The maximum Gasteiger partial charge on any atom is 0.326 e. The second-order valence-electron chi connectivity index (χ2n) is 16.3. The van der Waals surface area contributed by atoms with E-state index >= 15 is 0 Å². The lowest BCUT2D eigenvalue weighted by molar-refractivity contribution is -0.387. The average molecular weight is 875 g/mol. The molecule has 2 N–H and O–H groups in total. The number of piperidine rings is 2. The molecule has 0 aromatic heterocycles. The molecule has 63 heavy (non-hydrogen) atoms. The number of carboxylic acid groups (broad SMARTS) is 2. The number of carboxylic acids is 2. The summed E-state index contributed by atoms with van der Waals surface area (Å²) in [5.74, 6) is -3.44. The number of amides is 2. The van der Waals surface area contributed by atoms with Gasteiger partial charge >= 0.3 is 11.9 Å². The van der Waals surface area contributed by atoms with Crippen molar-refractivity contribution in [3.63, 3.8) is 0 Å². The van der Waals surface area contributed by atoms with Gasteiger partial charge in [-0.1, -0.05) is 100 Å². The van der Waals surface area contributed by atoms with E-state index in [9.17, 15) is 49.6 Å². The summed E-state index contributed by atoms with van der Waals surface area (Å²) in [5, 5.41) is 46.4. The van der Waals surface area contributed by atoms with Gasteiger partial charge in [0.2, 0.25) is 11.8 Å². The summed E-state index contributed by atoms with van der Waals surface area (Å²) in [6.07, 6.45) is 8.65. The molecule has 4 aromatic rings. The Morgan fingerprint density at radius 3 is 1.35 bits per heavy atom. The molecule has 2 aliphatic heterocycles. The Labute approximate surface area is 369 Å². The highest BCUT2D eigenvalue weighted by atomic mass is 32.2. The predicted octanol–water partition coefficient (Wildman–Crippen LogP) is 10.2. The van der Waals surface area contributed by atoms with Crippen molar-refractivity contribution in [1.29, 1.82) is 0 Å². The van der Waals surface area contributed by atoms with Crippen molar-refractivity contribution < 1.29 is 39.2 Å². The first-order chi connectivity index (χ1) is 30.1. The molecule has 0 aliphatic carbocycles. The summed E-state index contributed by atoms with van der Waals surface area (Å²) in [7, 11) is 0. The SMILES string of the molecule is CC(C)c1ccccc1-c1c(C=CC(=O)N2CCCCC2C(=O)O)ccc(Sc2ccc(C=CC(=O)N3CCCCC3C(=O)O)c(-c3ccccc3C(C)C)c2[N+](=O)[O-])c1[N+](=O)[O-]. The maximum atomic E-state index is 13.5. The van der Waals surface area contributed by atoms with Crippen molar-refractivity contribution in [3.05, 3.63) is 127 Å². The number of nitro groups is 2. The fourth-order valence-electron chi connectivity index (χ4n) is 8.54. The minimum atomic E-state index is -1.10. The minimum Gasteiger partial charge on any atom is -0.480 e. The number of likely N-dealkylation sites (tertiary alicyclic amines) is 2. The number of aliphatic carboxylic acids is 2. The predicted molar refractivity (Wildman–Crippen MR) is 241 cm³/mol. The second kappa shape index (κ2) is 20.1. The van der Waals surface area contributed by atoms with Crippen molar-refractivity contribution in [2.75, 3.05) is 13.1 Å². The first kappa shape index (κ1) is 45.9. The normalized spacial score (nSPS) is 16.9. The fourth-order valence-corrected chi connectivity index (χ4v) is 9.59. The van der Waals surface area contributed by atoms with Gasteiger partial charge in [0.15, 0.2) is 0 Å². The van der Waals surface area contributed by atoms with E-state index < -0.39 is 45.7 Å².